The molecule has 1 heterocycles. The van der Waals surface area contributed by atoms with Gasteiger partial charge in [-0.2, -0.15) is 0 Å². The molecule has 0 unspecified atom stereocenters. The highest BCUT2D eigenvalue weighted by molar-refractivity contribution is 6.30. The van der Waals surface area contributed by atoms with Gasteiger partial charge >= 0.3 is 5.97 Å². The second-order valence-corrected chi connectivity index (χ2v) is 7.51. The van der Waals surface area contributed by atoms with Gasteiger partial charge in [0.2, 0.25) is 5.91 Å². The third kappa shape index (κ3) is 3.82. The van der Waals surface area contributed by atoms with Crippen molar-refractivity contribution in [3.8, 4) is 0 Å². The zero-order chi connectivity index (χ0) is 18.0. The SMILES string of the molecule is CCN(CC(=O)O)C1CCN(C(=O)C2(c3cccc(Cl)c3)CC2)CC1. The van der Waals surface area contributed by atoms with Crippen LogP contribution in [0.15, 0.2) is 24.3 Å². The Morgan fingerprint density at radius 2 is 2.00 bits per heavy atom. The number of carboxylic acids is 1. The van der Waals surface area contributed by atoms with Crippen LogP contribution in [0.2, 0.25) is 5.02 Å². The van der Waals surface area contributed by atoms with Gasteiger partial charge < -0.3 is 10.0 Å². The van der Waals surface area contributed by atoms with Crippen LogP contribution in [-0.2, 0) is 15.0 Å². The number of aliphatic carboxylic acids is 1. The van der Waals surface area contributed by atoms with Crippen molar-refractivity contribution in [3.05, 3.63) is 34.9 Å². The van der Waals surface area contributed by atoms with E-state index in [1.165, 1.54) is 0 Å². The number of likely N-dealkylation sites (tertiary alicyclic amines) is 1. The lowest BCUT2D eigenvalue weighted by Gasteiger charge is -2.38. The van der Waals surface area contributed by atoms with Crippen LogP contribution in [0.25, 0.3) is 0 Å². The Morgan fingerprint density at radius 3 is 2.52 bits per heavy atom. The van der Waals surface area contributed by atoms with E-state index >= 15 is 0 Å². The largest absolute Gasteiger partial charge is 0.480 e. The second kappa shape index (κ2) is 7.34. The van der Waals surface area contributed by atoms with Gasteiger partial charge in [0, 0.05) is 24.2 Å². The van der Waals surface area contributed by atoms with Crippen molar-refractivity contribution in [2.45, 2.75) is 44.1 Å². The molecule has 5 nitrogen and oxygen atoms in total. The third-order valence-electron chi connectivity index (χ3n) is 5.55. The zero-order valence-electron chi connectivity index (χ0n) is 14.6. The van der Waals surface area contributed by atoms with Gasteiger partial charge in [-0.15, -0.1) is 0 Å². The fourth-order valence-corrected chi connectivity index (χ4v) is 4.14. The Hall–Kier alpha value is -1.59. The minimum Gasteiger partial charge on any atom is -0.480 e. The van der Waals surface area contributed by atoms with E-state index in [0.717, 1.165) is 37.8 Å². The van der Waals surface area contributed by atoms with Gasteiger partial charge in [-0.25, -0.2) is 0 Å². The van der Waals surface area contributed by atoms with E-state index < -0.39 is 5.97 Å². The molecule has 1 aliphatic carbocycles. The summed E-state index contributed by atoms with van der Waals surface area (Å²) in [7, 11) is 0. The average Bonchev–Trinajstić information content (AvgIpc) is 3.41. The van der Waals surface area contributed by atoms with Crippen LogP contribution in [0.3, 0.4) is 0 Å². The van der Waals surface area contributed by atoms with E-state index in [9.17, 15) is 9.59 Å². The first-order chi connectivity index (χ1) is 12.0. The number of halogens is 1. The molecule has 6 heteroatoms. The van der Waals surface area contributed by atoms with Gasteiger partial charge in [0.05, 0.1) is 12.0 Å². The van der Waals surface area contributed by atoms with Gasteiger partial charge in [-0.05, 0) is 49.9 Å². The molecule has 0 radical (unpaired) electrons. The molecule has 1 saturated carbocycles. The molecule has 3 rings (SSSR count). The van der Waals surface area contributed by atoms with E-state index in [-0.39, 0.29) is 23.9 Å². The topological polar surface area (TPSA) is 60.9 Å². The maximum Gasteiger partial charge on any atom is 0.317 e. The van der Waals surface area contributed by atoms with Crippen molar-refractivity contribution in [2.24, 2.45) is 0 Å². The van der Waals surface area contributed by atoms with Gasteiger partial charge in [0.25, 0.3) is 0 Å². The Labute approximate surface area is 153 Å². The van der Waals surface area contributed by atoms with Gasteiger partial charge in [-0.3, -0.25) is 14.5 Å². The summed E-state index contributed by atoms with van der Waals surface area (Å²) in [6.07, 6.45) is 3.43. The van der Waals surface area contributed by atoms with Gasteiger partial charge in [0.1, 0.15) is 0 Å². The Bertz CT molecular complexity index is 652. The van der Waals surface area contributed by atoms with E-state index in [1.54, 1.807) is 0 Å². The number of hydrogen-bond donors (Lipinski definition) is 1. The number of rotatable bonds is 6. The van der Waals surface area contributed by atoms with E-state index in [0.29, 0.717) is 18.1 Å². The summed E-state index contributed by atoms with van der Waals surface area (Å²) in [5.41, 5.74) is 0.636. The molecular formula is C19H25ClN2O3. The van der Waals surface area contributed by atoms with Crippen LogP contribution >= 0.6 is 11.6 Å². The maximum atomic E-state index is 13.1. The van der Waals surface area contributed by atoms with Crippen LogP contribution in [0.5, 0.6) is 0 Å². The Morgan fingerprint density at radius 1 is 1.32 bits per heavy atom. The fraction of sp³-hybridized carbons (Fsp3) is 0.579. The predicted molar refractivity (Wildman–Crippen MR) is 96.8 cm³/mol. The molecule has 1 aromatic carbocycles. The second-order valence-electron chi connectivity index (χ2n) is 7.07. The summed E-state index contributed by atoms with van der Waals surface area (Å²) in [5, 5.41) is 9.70. The Balaban J connectivity index is 1.63. The van der Waals surface area contributed by atoms with E-state index in [4.69, 9.17) is 16.7 Å². The maximum absolute atomic E-state index is 13.1. The van der Waals surface area contributed by atoms with Crippen molar-refractivity contribution in [1.82, 2.24) is 9.80 Å². The van der Waals surface area contributed by atoms with Crippen LogP contribution < -0.4 is 0 Å². The number of carbonyl (C=O) groups is 2. The van der Waals surface area contributed by atoms with Crippen molar-refractivity contribution >= 4 is 23.5 Å². The third-order valence-corrected chi connectivity index (χ3v) is 5.78. The molecule has 0 spiro atoms. The molecule has 1 aliphatic heterocycles. The molecule has 25 heavy (non-hydrogen) atoms. The molecular weight excluding hydrogens is 340 g/mol. The molecule has 0 aromatic heterocycles. The van der Waals surface area contributed by atoms with Gasteiger partial charge in [-0.1, -0.05) is 30.7 Å². The summed E-state index contributed by atoms with van der Waals surface area (Å²) in [6.45, 7) is 4.17. The summed E-state index contributed by atoms with van der Waals surface area (Å²) < 4.78 is 0. The predicted octanol–water partition coefficient (Wildman–Crippen LogP) is 2.77. The summed E-state index contributed by atoms with van der Waals surface area (Å²) >= 11 is 6.10. The number of carbonyl (C=O) groups excluding carboxylic acids is 1. The molecule has 136 valence electrons. The Kier molecular flexibility index (Phi) is 5.35. The smallest absolute Gasteiger partial charge is 0.317 e. The summed E-state index contributed by atoms with van der Waals surface area (Å²) in [6, 6.07) is 7.88. The number of amides is 1. The highest BCUT2D eigenvalue weighted by Crippen LogP contribution is 2.50. The minimum absolute atomic E-state index is 0.0710. The lowest BCUT2D eigenvalue weighted by Crippen LogP contribution is -2.50. The highest BCUT2D eigenvalue weighted by atomic mass is 35.5. The molecule has 1 aromatic rings. The first-order valence-corrected chi connectivity index (χ1v) is 9.35. The fourth-order valence-electron chi connectivity index (χ4n) is 3.95. The number of carboxylic acid groups (broad SMARTS) is 1. The zero-order valence-corrected chi connectivity index (χ0v) is 15.3. The van der Waals surface area contributed by atoms with Crippen LogP contribution in [0.4, 0.5) is 0 Å². The van der Waals surface area contributed by atoms with Crippen molar-refractivity contribution in [3.63, 3.8) is 0 Å². The monoisotopic (exact) mass is 364 g/mol. The first-order valence-electron chi connectivity index (χ1n) is 8.97. The van der Waals surface area contributed by atoms with Crippen molar-refractivity contribution < 1.29 is 14.7 Å². The lowest BCUT2D eigenvalue weighted by atomic mass is 9.92. The molecule has 1 N–H and O–H groups in total. The molecule has 2 aliphatic rings. The molecule has 1 saturated heterocycles. The first kappa shape index (κ1) is 18.2. The average molecular weight is 365 g/mol. The molecule has 2 fully saturated rings. The van der Waals surface area contributed by atoms with Crippen LogP contribution in [-0.4, -0.2) is 59.0 Å². The van der Waals surface area contributed by atoms with Crippen LogP contribution in [0, 0.1) is 0 Å². The lowest BCUT2D eigenvalue weighted by molar-refractivity contribution is -0.140. The van der Waals surface area contributed by atoms with Gasteiger partial charge in [0.15, 0.2) is 0 Å². The number of nitrogens with zero attached hydrogens (tertiary/aromatic N) is 2. The number of benzene rings is 1. The standard InChI is InChI=1S/C19H25ClN2O3/c1-2-21(13-17(23)24)16-6-10-22(11-7-16)18(25)19(8-9-19)14-4-3-5-15(20)12-14/h3-5,12,16H,2,6-11,13H2,1H3,(H,23,24). The quantitative estimate of drug-likeness (QED) is 0.843. The summed E-state index contributed by atoms with van der Waals surface area (Å²) in [4.78, 5) is 28.0. The molecule has 0 atom stereocenters. The van der Waals surface area contributed by atoms with Crippen LogP contribution in [0.1, 0.15) is 38.2 Å². The molecule has 1 amide bonds. The van der Waals surface area contributed by atoms with Crippen molar-refractivity contribution in [2.75, 3.05) is 26.2 Å². The normalized spacial score (nSPS) is 19.9. The van der Waals surface area contributed by atoms with Crippen molar-refractivity contribution in [1.29, 1.82) is 0 Å². The minimum atomic E-state index is -0.793. The van der Waals surface area contributed by atoms with E-state index in [1.807, 2.05) is 41.0 Å². The van der Waals surface area contributed by atoms with E-state index in [2.05, 4.69) is 0 Å². The highest BCUT2D eigenvalue weighted by Gasteiger charge is 2.53. The number of piperidine rings is 1. The molecule has 0 bridgehead atoms. The number of hydrogen-bond acceptors (Lipinski definition) is 3. The summed E-state index contributed by atoms with van der Waals surface area (Å²) in [5.74, 6) is -0.590. The number of likely N-dealkylation sites (N-methyl/N-ethyl adjacent to an activating group) is 1.